The second-order valence-electron chi connectivity index (χ2n) is 4.87. The molecule has 1 aliphatic heterocycles. The van der Waals surface area contributed by atoms with E-state index >= 15 is 0 Å². The van der Waals surface area contributed by atoms with Crippen LogP contribution in [0.15, 0.2) is 23.1 Å². The number of hydrogen-bond acceptors (Lipinski definition) is 4. The third-order valence-electron chi connectivity index (χ3n) is 3.13. The quantitative estimate of drug-likeness (QED) is 0.856. The molecule has 0 radical (unpaired) electrons. The normalized spacial score (nSPS) is 24.6. The van der Waals surface area contributed by atoms with Crippen molar-refractivity contribution in [3.63, 3.8) is 0 Å². The SMILES string of the molecule is COc1ccc(Cl)cc1S(=O)(=O)N1CC(C)OC(C)C1. The Morgan fingerprint density at radius 1 is 1.30 bits per heavy atom. The molecule has 20 heavy (non-hydrogen) atoms. The number of methoxy groups -OCH3 is 1. The van der Waals surface area contributed by atoms with Gasteiger partial charge in [-0.25, -0.2) is 8.42 Å². The predicted octanol–water partition coefficient (Wildman–Crippen LogP) is 2.15. The summed E-state index contributed by atoms with van der Waals surface area (Å²) in [6.45, 7) is 4.35. The largest absolute Gasteiger partial charge is 0.495 e. The monoisotopic (exact) mass is 319 g/mol. The van der Waals surface area contributed by atoms with Crippen molar-refractivity contribution in [1.29, 1.82) is 0 Å². The zero-order valence-corrected chi connectivity index (χ0v) is 13.2. The highest BCUT2D eigenvalue weighted by Crippen LogP contribution is 2.30. The van der Waals surface area contributed by atoms with E-state index in [4.69, 9.17) is 21.1 Å². The van der Waals surface area contributed by atoms with Gasteiger partial charge in [0.15, 0.2) is 0 Å². The Bertz CT molecular complexity index is 580. The van der Waals surface area contributed by atoms with E-state index in [2.05, 4.69) is 0 Å². The maximum atomic E-state index is 12.7. The molecule has 1 fully saturated rings. The molecule has 1 aromatic rings. The van der Waals surface area contributed by atoms with Crippen molar-refractivity contribution in [3.05, 3.63) is 23.2 Å². The Morgan fingerprint density at radius 3 is 2.45 bits per heavy atom. The van der Waals surface area contributed by atoms with Gasteiger partial charge in [0, 0.05) is 18.1 Å². The highest BCUT2D eigenvalue weighted by atomic mass is 35.5. The molecule has 1 heterocycles. The predicted molar refractivity (Wildman–Crippen MR) is 76.8 cm³/mol. The molecule has 2 rings (SSSR count). The fourth-order valence-electron chi connectivity index (χ4n) is 2.32. The smallest absolute Gasteiger partial charge is 0.246 e. The first-order chi connectivity index (χ1) is 9.34. The van der Waals surface area contributed by atoms with Gasteiger partial charge in [0.1, 0.15) is 10.6 Å². The van der Waals surface area contributed by atoms with Crippen LogP contribution in [-0.4, -0.2) is 45.1 Å². The summed E-state index contributed by atoms with van der Waals surface area (Å²) in [5, 5.41) is 0.360. The number of nitrogens with zero attached hydrogens (tertiary/aromatic N) is 1. The highest BCUT2D eigenvalue weighted by molar-refractivity contribution is 7.89. The van der Waals surface area contributed by atoms with Crippen molar-refractivity contribution in [2.75, 3.05) is 20.2 Å². The van der Waals surface area contributed by atoms with Crippen molar-refractivity contribution in [2.45, 2.75) is 31.0 Å². The number of halogens is 1. The van der Waals surface area contributed by atoms with Crippen LogP contribution >= 0.6 is 11.6 Å². The lowest BCUT2D eigenvalue weighted by atomic mass is 10.3. The first-order valence-corrected chi connectivity index (χ1v) is 8.15. The Labute approximate surface area is 124 Å². The number of benzene rings is 1. The van der Waals surface area contributed by atoms with Gasteiger partial charge in [0.2, 0.25) is 10.0 Å². The molecule has 5 nitrogen and oxygen atoms in total. The minimum atomic E-state index is -3.65. The molecular formula is C13H18ClNO4S. The molecule has 7 heteroatoms. The van der Waals surface area contributed by atoms with E-state index in [1.807, 2.05) is 13.8 Å². The van der Waals surface area contributed by atoms with E-state index in [0.717, 1.165) is 0 Å². The van der Waals surface area contributed by atoms with Gasteiger partial charge in [-0.15, -0.1) is 0 Å². The molecule has 0 saturated carbocycles. The summed E-state index contributed by atoms with van der Waals surface area (Å²) >= 11 is 5.91. The molecule has 1 saturated heterocycles. The Kier molecular flexibility index (Phi) is 4.59. The van der Waals surface area contributed by atoms with E-state index in [-0.39, 0.29) is 17.1 Å². The number of morpholine rings is 1. The van der Waals surface area contributed by atoms with E-state index in [9.17, 15) is 8.42 Å². The summed E-state index contributed by atoms with van der Waals surface area (Å²) in [7, 11) is -2.21. The zero-order valence-electron chi connectivity index (χ0n) is 11.7. The highest BCUT2D eigenvalue weighted by Gasteiger charge is 2.34. The maximum absolute atomic E-state index is 12.7. The molecule has 0 N–H and O–H groups in total. The van der Waals surface area contributed by atoms with Crippen molar-refractivity contribution in [3.8, 4) is 5.75 Å². The summed E-state index contributed by atoms with van der Waals surface area (Å²) in [4.78, 5) is 0.0915. The molecule has 0 aliphatic carbocycles. The topological polar surface area (TPSA) is 55.8 Å². The standard InChI is InChI=1S/C13H18ClNO4S/c1-9-7-15(8-10(2)19-9)20(16,17)13-6-11(14)4-5-12(13)18-3/h4-6,9-10H,7-8H2,1-3H3. The molecular weight excluding hydrogens is 302 g/mol. The van der Waals surface area contributed by atoms with Gasteiger partial charge in [-0.3, -0.25) is 0 Å². The van der Waals surface area contributed by atoms with Crippen LogP contribution < -0.4 is 4.74 Å². The number of rotatable bonds is 3. The molecule has 0 spiro atoms. The lowest BCUT2D eigenvalue weighted by molar-refractivity contribution is -0.0441. The van der Waals surface area contributed by atoms with Gasteiger partial charge < -0.3 is 9.47 Å². The molecule has 0 amide bonds. The van der Waals surface area contributed by atoms with Gasteiger partial charge in [-0.2, -0.15) is 4.31 Å². The van der Waals surface area contributed by atoms with E-state index in [1.165, 1.54) is 17.5 Å². The molecule has 0 bridgehead atoms. The van der Waals surface area contributed by atoms with Gasteiger partial charge in [0.25, 0.3) is 0 Å². The van der Waals surface area contributed by atoms with Crippen LogP contribution in [0.3, 0.4) is 0 Å². The lowest BCUT2D eigenvalue weighted by Crippen LogP contribution is -2.48. The summed E-state index contributed by atoms with van der Waals surface area (Å²) in [6, 6.07) is 4.58. The van der Waals surface area contributed by atoms with Crippen molar-refractivity contribution in [2.24, 2.45) is 0 Å². The number of hydrogen-bond donors (Lipinski definition) is 0. The fraction of sp³-hybridized carbons (Fsp3) is 0.538. The van der Waals surface area contributed by atoms with E-state index in [0.29, 0.717) is 23.9 Å². The molecule has 1 aromatic carbocycles. The van der Waals surface area contributed by atoms with Gasteiger partial charge >= 0.3 is 0 Å². The summed E-state index contributed by atoms with van der Waals surface area (Å²) in [6.07, 6.45) is -0.280. The molecule has 1 aliphatic rings. The van der Waals surface area contributed by atoms with Gasteiger partial charge in [-0.1, -0.05) is 11.6 Å². The van der Waals surface area contributed by atoms with Gasteiger partial charge in [0.05, 0.1) is 19.3 Å². The fourth-order valence-corrected chi connectivity index (χ4v) is 4.33. The maximum Gasteiger partial charge on any atom is 0.246 e. The molecule has 2 unspecified atom stereocenters. The van der Waals surface area contributed by atoms with Crippen LogP contribution in [0.25, 0.3) is 0 Å². The first-order valence-electron chi connectivity index (χ1n) is 6.33. The minimum absolute atomic E-state index is 0.0915. The second kappa shape index (κ2) is 5.89. The summed E-state index contributed by atoms with van der Waals surface area (Å²) in [5.74, 6) is 0.293. The third kappa shape index (κ3) is 3.09. The third-order valence-corrected chi connectivity index (χ3v) is 5.22. The van der Waals surface area contributed by atoms with Crippen LogP contribution in [-0.2, 0) is 14.8 Å². The summed E-state index contributed by atoms with van der Waals surface area (Å²) in [5.41, 5.74) is 0. The molecule has 2 atom stereocenters. The van der Waals surface area contributed by atoms with Crippen LogP contribution in [0, 0.1) is 0 Å². The van der Waals surface area contributed by atoms with Crippen molar-refractivity contribution >= 4 is 21.6 Å². The van der Waals surface area contributed by atoms with Crippen LogP contribution in [0.1, 0.15) is 13.8 Å². The second-order valence-corrected chi connectivity index (χ2v) is 7.22. The average molecular weight is 320 g/mol. The lowest BCUT2D eigenvalue weighted by Gasteiger charge is -2.34. The first kappa shape index (κ1) is 15.6. The number of ether oxygens (including phenoxy) is 2. The Balaban J connectivity index is 2.42. The van der Waals surface area contributed by atoms with Crippen LogP contribution in [0.5, 0.6) is 5.75 Å². The van der Waals surface area contributed by atoms with Crippen molar-refractivity contribution in [1.82, 2.24) is 4.31 Å². The van der Waals surface area contributed by atoms with E-state index in [1.54, 1.807) is 12.1 Å². The molecule has 112 valence electrons. The van der Waals surface area contributed by atoms with Crippen LogP contribution in [0.4, 0.5) is 0 Å². The Morgan fingerprint density at radius 2 is 1.90 bits per heavy atom. The van der Waals surface area contributed by atoms with E-state index < -0.39 is 10.0 Å². The summed E-state index contributed by atoms with van der Waals surface area (Å²) < 4.78 is 37.6. The minimum Gasteiger partial charge on any atom is -0.495 e. The Hall–Kier alpha value is -0.820. The average Bonchev–Trinajstić information content (AvgIpc) is 2.37. The van der Waals surface area contributed by atoms with Crippen LogP contribution in [0.2, 0.25) is 5.02 Å². The zero-order chi connectivity index (χ0) is 14.9. The van der Waals surface area contributed by atoms with Gasteiger partial charge in [-0.05, 0) is 32.0 Å². The van der Waals surface area contributed by atoms with Crippen molar-refractivity contribution < 1.29 is 17.9 Å². The number of sulfonamides is 1. The molecule has 0 aromatic heterocycles.